The molecule has 4 amide bonds. The quantitative estimate of drug-likeness (QED) is 0.130. The van der Waals surface area contributed by atoms with E-state index in [1.54, 1.807) is 45.0 Å². The van der Waals surface area contributed by atoms with Crippen molar-refractivity contribution in [2.75, 3.05) is 46.0 Å². The molecule has 5 atom stereocenters. The summed E-state index contributed by atoms with van der Waals surface area (Å²) in [6.45, 7) is 20.7. The van der Waals surface area contributed by atoms with Crippen molar-refractivity contribution in [3.05, 3.63) is 29.8 Å². The van der Waals surface area contributed by atoms with Crippen molar-refractivity contribution < 1.29 is 38.5 Å². The third kappa shape index (κ3) is 13.8. The number of nitrogens with two attached hydrogens (primary N) is 2. The maximum Gasteiger partial charge on any atom is 0.321 e. The van der Waals surface area contributed by atoms with Gasteiger partial charge in [0.2, 0.25) is 5.91 Å². The van der Waals surface area contributed by atoms with Gasteiger partial charge < -0.3 is 36.1 Å². The fourth-order valence-electron chi connectivity index (χ4n) is 6.08. The third-order valence-corrected chi connectivity index (χ3v) is 8.91. The van der Waals surface area contributed by atoms with E-state index in [0.29, 0.717) is 37.7 Å². The molecular weight excluding hydrogens is 642 g/mol. The average Bonchev–Trinajstić information content (AvgIpc) is 3.01. The first-order valence-corrected chi connectivity index (χ1v) is 17.9. The van der Waals surface area contributed by atoms with E-state index in [1.165, 1.54) is 0 Å². The van der Waals surface area contributed by atoms with Gasteiger partial charge in [-0.25, -0.2) is 4.79 Å². The summed E-state index contributed by atoms with van der Waals surface area (Å²) >= 11 is 0. The summed E-state index contributed by atoms with van der Waals surface area (Å²) in [5.74, 6) is -3.91. The number of hydrogen-bond acceptors (Lipinski definition) is 10. The number of carbonyl (C=O) groups excluding carboxylic acids is 4. The molecular formula is C37H63N5O8. The maximum absolute atomic E-state index is 13.7. The molecule has 1 aliphatic rings. The van der Waals surface area contributed by atoms with Crippen LogP contribution in [0.25, 0.3) is 0 Å². The van der Waals surface area contributed by atoms with Crippen molar-refractivity contribution in [1.29, 1.82) is 0 Å². The van der Waals surface area contributed by atoms with Gasteiger partial charge in [0.1, 0.15) is 18.0 Å². The van der Waals surface area contributed by atoms with Crippen LogP contribution in [0.2, 0.25) is 0 Å². The molecule has 284 valence electrons. The number of nitrogens with zero attached hydrogens (tertiary/aromatic N) is 2. The minimum atomic E-state index is -1.32. The highest BCUT2D eigenvalue weighted by atomic mass is 16.6. The molecule has 13 heteroatoms. The largest absolute Gasteiger partial charge is 0.491 e. The highest BCUT2D eigenvalue weighted by Crippen LogP contribution is 2.32. The number of morpholine rings is 1. The number of carbonyl (C=O) groups is 4. The smallest absolute Gasteiger partial charge is 0.321 e. The lowest BCUT2D eigenvalue weighted by Crippen LogP contribution is -2.51. The molecule has 1 aliphatic heterocycles. The molecule has 0 spiro atoms. The SMILES string of the molecule is CC(C)CN(C(N)=O)C(=O)C(CC(O)C(CC(C(C)C)C(N)NC(=O)c1ccccc1OCCN1CCOCC1)C(=O)OC(C)(C)C)C(C)C. The van der Waals surface area contributed by atoms with Crippen molar-refractivity contribution in [3.8, 4) is 5.75 Å². The molecule has 0 saturated carbocycles. The van der Waals surface area contributed by atoms with E-state index in [2.05, 4.69) is 10.2 Å². The minimum absolute atomic E-state index is 0.0178. The van der Waals surface area contributed by atoms with Crippen LogP contribution in [-0.4, -0.2) is 103 Å². The zero-order valence-electron chi connectivity index (χ0n) is 31.6. The molecule has 0 aliphatic carbocycles. The molecule has 0 radical (unpaired) electrons. The number of hydrogen-bond donors (Lipinski definition) is 4. The number of primary amides is 1. The Balaban J connectivity index is 2.28. The number of aliphatic hydroxyl groups is 1. The highest BCUT2D eigenvalue weighted by Gasteiger charge is 2.40. The Morgan fingerprint density at radius 2 is 1.60 bits per heavy atom. The number of para-hydroxylation sites is 1. The first-order chi connectivity index (χ1) is 23.3. The number of benzene rings is 1. The number of ether oxygens (including phenoxy) is 3. The second kappa shape index (κ2) is 20.0. The van der Waals surface area contributed by atoms with Crippen LogP contribution in [0.15, 0.2) is 24.3 Å². The summed E-state index contributed by atoms with van der Waals surface area (Å²) in [7, 11) is 0. The first kappa shape index (κ1) is 42.9. The predicted octanol–water partition coefficient (Wildman–Crippen LogP) is 3.62. The molecule has 0 aromatic heterocycles. The summed E-state index contributed by atoms with van der Waals surface area (Å²) in [6.07, 6.45) is -2.26. The number of urea groups is 1. The molecule has 6 N–H and O–H groups in total. The molecule has 1 aromatic carbocycles. The van der Waals surface area contributed by atoms with Crippen LogP contribution in [0.4, 0.5) is 4.79 Å². The Hall–Kier alpha value is -3.26. The highest BCUT2D eigenvalue weighted by molar-refractivity contribution is 5.97. The van der Waals surface area contributed by atoms with Crippen molar-refractivity contribution in [2.45, 2.75) is 93.0 Å². The van der Waals surface area contributed by atoms with Crippen LogP contribution in [-0.2, 0) is 19.1 Å². The molecule has 1 saturated heterocycles. The van der Waals surface area contributed by atoms with Crippen molar-refractivity contribution in [2.24, 2.45) is 47.0 Å². The van der Waals surface area contributed by atoms with Gasteiger partial charge in [-0.15, -0.1) is 0 Å². The summed E-state index contributed by atoms with van der Waals surface area (Å²) in [5, 5.41) is 14.6. The molecule has 5 unspecified atom stereocenters. The number of esters is 1. The number of aliphatic hydroxyl groups excluding tert-OH is 1. The number of rotatable bonds is 18. The topological polar surface area (TPSA) is 187 Å². The molecule has 1 heterocycles. The fourth-order valence-corrected chi connectivity index (χ4v) is 6.08. The zero-order chi connectivity index (χ0) is 37.8. The van der Waals surface area contributed by atoms with E-state index in [0.717, 1.165) is 18.0 Å². The summed E-state index contributed by atoms with van der Waals surface area (Å²) < 4.78 is 17.2. The summed E-state index contributed by atoms with van der Waals surface area (Å²) in [4.78, 5) is 56.4. The van der Waals surface area contributed by atoms with Gasteiger partial charge in [0, 0.05) is 32.1 Å². The first-order valence-electron chi connectivity index (χ1n) is 17.9. The summed E-state index contributed by atoms with van der Waals surface area (Å²) in [6, 6.07) is 6.09. The van der Waals surface area contributed by atoms with Crippen LogP contribution in [0, 0.1) is 35.5 Å². The van der Waals surface area contributed by atoms with Crippen molar-refractivity contribution in [1.82, 2.24) is 15.1 Å². The van der Waals surface area contributed by atoms with Crippen LogP contribution >= 0.6 is 0 Å². The van der Waals surface area contributed by atoms with Gasteiger partial charge in [0.05, 0.1) is 37.0 Å². The van der Waals surface area contributed by atoms with E-state index in [4.69, 9.17) is 25.7 Å². The fraction of sp³-hybridized carbons (Fsp3) is 0.730. The van der Waals surface area contributed by atoms with Gasteiger partial charge in [0.25, 0.3) is 5.91 Å². The standard InChI is InChI=1S/C37H63N5O8/c1-23(2)22-42(36(39)47)34(45)28(25(5)6)21-30(43)29(35(46)50-37(7,8)9)20-27(24(3)4)32(38)40-33(44)26-12-10-11-13-31(26)49-19-16-41-14-17-48-18-15-41/h10-13,23-25,27-30,32,43H,14-22,38H2,1-9H3,(H2,39,47)(H,40,44). The van der Waals surface area contributed by atoms with Crippen LogP contribution in [0.5, 0.6) is 5.75 Å². The van der Waals surface area contributed by atoms with Gasteiger partial charge in [-0.1, -0.05) is 53.7 Å². The Morgan fingerprint density at radius 3 is 2.14 bits per heavy atom. The van der Waals surface area contributed by atoms with Gasteiger partial charge >= 0.3 is 12.0 Å². The lowest BCUT2D eigenvalue weighted by molar-refractivity contribution is -0.166. The molecule has 1 aromatic rings. The predicted molar refractivity (Wildman–Crippen MR) is 192 cm³/mol. The average molecular weight is 706 g/mol. The van der Waals surface area contributed by atoms with Gasteiger partial charge in [-0.05, 0) is 69.4 Å². The molecule has 13 nitrogen and oxygen atoms in total. The Morgan fingerprint density at radius 1 is 0.980 bits per heavy atom. The zero-order valence-corrected chi connectivity index (χ0v) is 31.6. The van der Waals surface area contributed by atoms with E-state index in [1.807, 2.05) is 41.5 Å². The Labute approximate surface area is 298 Å². The molecule has 0 bridgehead atoms. The lowest BCUT2D eigenvalue weighted by atomic mass is 9.78. The summed E-state index contributed by atoms with van der Waals surface area (Å²) in [5.41, 5.74) is 11.7. The van der Waals surface area contributed by atoms with Gasteiger partial charge in [0.15, 0.2) is 0 Å². The van der Waals surface area contributed by atoms with Crippen molar-refractivity contribution >= 4 is 23.8 Å². The van der Waals surface area contributed by atoms with E-state index in [-0.39, 0.29) is 37.1 Å². The van der Waals surface area contributed by atoms with Gasteiger partial charge in [-0.2, -0.15) is 0 Å². The monoisotopic (exact) mass is 705 g/mol. The number of imide groups is 1. The van der Waals surface area contributed by atoms with E-state index < -0.39 is 59.4 Å². The normalized spacial score (nSPS) is 17.2. The number of amides is 4. The molecule has 2 rings (SSSR count). The second-order valence-corrected chi connectivity index (χ2v) is 15.4. The van der Waals surface area contributed by atoms with E-state index >= 15 is 0 Å². The minimum Gasteiger partial charge on any atom is -0.491 e. The number of nitrogens with one attached hydrogen (secondary N) is 1. The molecule has 1 fully saturated rings. The van der Waals surface area contributed by atoms with Crippen molar-refractivity contribution in [3.63, 3.8) is 0 Å². The van der Waals surface area contributed by atoms with E-state index in [9.17, 15) is 24.3 Å². The Bertz CT molecular complexity index is 1240. The van der Waals surface area contributed by atoms with Crippen LogP contribution in [0.3, 0.4) is 0 Å². The maximum atomic E-state index is 13.7. The lowest BCUT2D eigenvalue weighted by Gasteiger charge is -2.35. The van der Waals surface area contributed by atoms with Crippen LogP contribution < -0.4 is 21.5 Å². The third-order valence-electron chi connectivity index (χ3n) is 8.91. The second-order valence-electron chi connectivity index (χ2n) is 15.4. The van der Waals surface area contributed by atoms with Gasteiger partial charge in [-0.3, -0.25) is 24.2 Å². The Kier molecular flexibility index (Phi) is 17.1. The molecule has 50 heavy (non-hydrogen) atoms. The van der Waals surface area contributed by atoms with Crippen LogP contribution in [0.1, 0.15) is 85.5 Å².